The molecule has 276 valence electrons. The van der Waals surface area contributed by atoms with Crippen LogP contribution < -0.4 is 10.6 Å². The molecule has 4 saturated carbocycles. The van der Waals surface area contributed by atoms with Gasteiger partial charge in [0.1, 0.15) is 5.60 Å². The monoisotopic (exact) mass is 685 g/mol. The first kappa shape index (κ1) is 37.4. The Hall–Kier alpha value is -2.40. The predicted octanol–water partition coefficient (Wildman–Crippen LogP) is 10.0. The highest BCUT2D eigenvalue weighted by atomic mass is 16.6. The Balaban J connectivity index is 1.26. The van der Waals surface area contributed by atoms with Crippen LogP contribution >= 0.6 is 0 Å². The second-order valence-corrected chi connectivity index (χ2v) is 19.8. The average molecular weight is 685 g/mol. The summed E-state index contributed by atoms with van der Waals surface area (Å²) >= 11 is 0. The third kappa shape index (κ3) is 6.03. The summed E-state index contributed by atoms with van der Waals surface area (Å²) in [7, 11) is 0. The van der Waals surface area contributed by atoms with Gasteiger partial charge in [0.25, 0.3) is 0 Å². The molecular formula is C45H68N2O3. The van der Waals surface area contributed by atoms with E-state index >= 15 is 0 Å². The van der Waals surface area contributed by atoms with Crippen LogP contribution in [-0.2, 0) is 9.53 Å². The highest BCUT2D eigenvalue weighted by molar-refractivity contribution is 5.90. The minimum Gasteiger partial charge on any atom is -0.456 e. The molecule has 2 N–H and O–H groups in total. The van der Waals surface area contributed by atoms with Gasteiger partial charge in [-0.2, -0.15) is 0 Å². The van der Waals surface area contributed by atoms with E-state index in [1.807, 2.05) is 32.9 Å². The van der Waals surface area contributed by atoms with E-state index in [2.05, 4.69) is 77.0 Å². The van der Waals surface area contributed by atoms with Crippen LogP contribution in [0.15, 0.2) is 42.5 Å². The maximum Gasteiger partial charge on any atom is 0.338 e. The van der Waals surface area contributed by atoms with Crippen LogP contribution in [0.5, 0.6) is 0 Å². The lowest BCUT2D eigenvalue weighted by molar-refractivity contribution is -0.225. The fourth-order valence-corrected chi connectivity index (χ4v) is 13.5. The molecule has 1 amide bonds. The zero-order chi connectivity index (χ0) is 36.5. The molecule has 4 fully saturated rings. The number of allylic oxidation sites excluding steroid dienone is 3. The first-order valence-corrected chi connectivity index (χ1v) is 19.9. The first-order chi connectivity index (χ1) is 23.3. The average Bonchev–Trinajstić information content (AvgIpc) is 3.40. The van der Waals surface area contributed by atoms with Gasteiger partial charge in [0.05, 0.1) is 5.56 Å². The van der Waals surface area contributed by atoms with Gasteiger partial charge in [0, 0.05) is 26.6 Å². The number of hydrogen-bond acceptors (Lipinski definition) is 4. The number of benzene rings is 1. The van der Waals surface area contributed by atoms with Gasteiger partial charge in [-0.25, -0.2) is 4.79 Å². The van der Waals surface area contributed by atoms with Crippen LogP contribution in [-0.4, -0.2) is 37.1 Å². The molecule has 1 aromatic rings. The lowest BCUT2D eigenvalue weighted by Gasteiger charge is -2.72. The molecule has 0 heterocycles. The van der Waals surface area contributed by atoms with Crippen LogP contribution in [0.2, 0.25) is 0 Å². The summed E-state index contributed by atoms with van der Waals surface area (Å²) < 4.78 is 5.65. The summed E-state index contributed by atoms with van der Waals surface area (Å²) in [5.41, 5.74) is 5.46. The van der Waals surface area contributed by atoms with Crippen LogP contribution in [0.3, 0.4) is 0 Å². The second-order valence-electron chi connectivity index (χ2n) is 19.8. The van der Waals surface area contributed by atoms with E-state index < -0.39 is 5.60 Å². The van der Waals surface area contributed by atoms with Gasteiger partial charge in [-0.15, -0.1) is 0 Å². The number of carbonyl (C=O) groups is 2. The standard InChI is InChI=1S/C45H68N2O3/c1-29(2)33-18-23-45(28-46-26-27-47-30(3)48)25-24-43(10)35(38(33)45)16-17-37-42(9)21-19-34(41(7,8)36(42)20-22-44(37,43)11)31-12-14-32(15-13-31)39(49)50-40(4,5)6/h12-15,19,33,35-38,46H,1,16-18,20-28H2,2-11H3,(H,47,48)/t33-,35+,36-,37+,38+,42-,43+,44+,45+/m0/s1. The van der Waals surface area contributed by atoms with Gasteiger partial charge in [0.15, 0.2) is 0 Å². The molecular weight excluding hydrogens is 617 g/mol. The number of hydrogen-bond donors (Lipinski definition) is 2. The first-order valence-electron chi connectivity index (χ1n) is 19.9. The van der Waals surface area contributed by atoms with Gasteiger partial charge in [-0.1, -0.05) is 65.0 Å². The Bertz CT molecular complexity index is 1520. The van der Waals surface area contributed by atoms with Crippen molar-refractivity contribution in [1.82, 2.24) is 10.6 Å². The van der Waals surface area contributed by atoms with Gasteiger partial charge in [-0.3, -0.25) is 4.79 Å². The minimum atomic E-state index is -0.503. The van der Waals surface area contributed by atoms with Gasteiger partial charge in [-0.05, 0) is 165 Å². The zero-order valence-electron chi connectivity index (χ0n) is 33.2. The molecule has 5 aliphatic rings. The van der Waals surface area contributed by atoms with E-state index in [-0.39, 0.29) is 22.7 Å². The molecule has 0 radical (unpaired) electrons. The Morgan fingerprint density at radius 3 is 2.20 bits per heavy atom. The van der Waals surface area contributed by atoms with Crippen LogP contribution in [0.4, 0.5) is 0 Å². The van der Waals surface area contributed by atoms with Crippen LogP contribution in [0.1, 0.15) is 143 Å². The molecule has 6 rings (SSSR count). The summed E-state index contributed by atoms with van der Waals surface area (Å²) in [6.45, 7) is 30.0. The lowest BCUT2D eigenvalue weighted by atomic mass is 9.32. The van der Waals surface area contributed by atoms with Crippen molar-refractivity contribution in [2.45, 2.75) is 133 Å². The molecule has 1 aromatic carbocycles. The van der Waals surface area contributed by atoms with E-state index in [4.69, 9.17) is 4.74 Å². The molecule has 50 heavy (non-hydrogen) atoms. The lowest BCUT2D eigenvalue weighted by Crippen LogP contribution is -2.65. The Kier molecular flexibility index (Phi) is 9.65. The van der Waals surface area contributed by atoms with Crippen molar-refractivity contribution in [1.29, 1.82) is 0 Å². The van der Waals surface area contributed by atoms with Gasteiger partial charge in [0.2, 0.25) is 5.91 Å². The number of nitrogens with one attached hydrogen (secondary N) is 2. The van der Waals surface area contributed by atoms with E-state index in [1.54, 1.807) is 6.92 Å². The molecule has 0 saturated heterocycles. The Morgan fingerprint density at radius 2 is 1.56 bits per heavy atom. The number of ether oxygens (including phenoxy) is 1. The van der Waals surface area contributed by atoms with Gasteiger partial charge < -0.3 is 15.4 Å². The van der Waals surface area contributed by atoms with Crippen molar-refractivity contribution in [3.05, 3.63) is 53.6 Å². The maximum atomic E-state index is 12.8. The van der Waals surface area contributed by atoms with Gasteiger partial charge >= 0.3 is 5.97 Å². The van der Waals surface area contributed by atoms with Crippen LogP contribution in [0.25, 0.3) is 5.57 Å². The number of fused-ring (bicyclic) bond motifs is 7. The van der Waals surface area contributed by atoms with Crippen molar-refractivity contribution in [3.63, 3.8) is 0 Å². The number of amides is 1. The van der Waals surface area contributed by atoms with Crippen molar-refractivity contribution in [2.75, 3.05) is 19.6 Å². The summed E-state index contributed by atoms with van der Waals surface area (Å²) in [5.74, 6) is 3.14. The largest absolute Gasteiger partial charge is 0.456 e. The van der Waals surface area contributed by atoms with Crippen molar-refractivity contribution < 1.29 is 14.3 Å². The van der Waals surface area contributed by atoms with E-state index in [0.717, 1.165) is 25.4 Å². The molecule has 0 unspecified atom stereocenters. The van der Waals surface area contributed by atoms with Crippen molar-refractivity contribution in [3.8, 4) is 0 Å². The fraction of sp³-hybridized carbons (Fsp3) is 0.733. The number of esters is 1. The molecule has 5 nitrogen and oxygen atoms in total. The molecule has 5 heteroatoms. The Morgan fingerprint density at radius 1 is 0.860 bits per heavy atom. The minimum absolute atomic E-state index is 0.0423. The molecule has 0 aromatic heterocycles. The summed E-state index contributed by atoms with van der Waals surface area (Å²) in [5, 5.41) is 6.79. The third-order valence-corrected chi connectivity index (χ3v) is 15.8. The van der Waals surface area contributed by atoms with Crippen molar-refractivity contribution in [2.24, 2.45) is 56.7 Å². The third-order valence-electron chi connectivity index (χ3n) is 15.8. The zero-order valence-corrected chi connectivity index (χ0v) is 33.2. The normalized spacial score (nSPS) is 38.8. The molecule has 9 atom stereocenters. The second kappa shape index (κ2) is 12.9. The summed E-state index contributed by atoms with van der Waals surface area (Å²) in [6, 6.07) is 8.21. The maximum absolute atomic E-state index is 12.8. The number of carbonyl (C=O) groups excluding carboxylic acids is 2. The number of rotatable bonds is 8. The molecule has 0 aliphatic heterocycles. The van der Waals surface area contributed by atoms with Crippen molar-refractivity contribution >= 4 is 17.4 Å². The topological polar surface area (TPSA) is 67.4 Å². The molecule has 5 aliphatic carbocycles. The van der Waals surface area contributed by atoms with Crippen LogP contribution in [0, 0.1) is 56.7 Å². The Labute approximate surface area is 304 Å². The smallest absolute Gasteiger partial charge is 0.338 e. The SMILES string of the molecule is C=C(C)[C@@H]1CC[C@]2(CNCCNC(C)=O)CC[C@]3(C)[C@H](CC[C@@H]4[C@@]5(C)CC=C(c6ccc(C(=O)OC(C)(C)C)cc6)C(C)(C)[C@@H]5CC[C@]43C)[C@@H]12. The quantitative estimate of drug-likeness (QED) is 0.163. The molecule has 0 spiro atoms. The summed E-state index contributed by atoms with van der Waals surface area (Å²) in [4.78, 5) is 24.2. The summed E-state index contributed by atoms with van der Waals surface area (Å²) in [6.07, 6.45) is 14.2. The predicted molar refractivity (Wildman–Crippen MR) is 205 cm³/mol. The van der Waals surface area contributed by atoms with E-state index in [1.165, 1.54) is 68.1 Å². The molecule has 0 bridgehead atoms. The van der Waals surface area contributed by atoms with E-state index in [9.17, 15) is 9.59 Å². The highest BCUT2D eigenvalue weighted by Gasteiger charge is 2.70. The van der Waals surface area contributed by atoms with E-state index in [0.29, 0.717) is 52.0 Å². The fourth-order valence-electron chi connectivity index (χ4n) is 13.5. The highest BCUT2D eigenvalue weighted by Crippen LogP contribution is 2.77.